The van der Waals surface area contributed by atoms with E-state index in [0.717, 1.165) is 0 Å². The highest BCUT2D eigenvalue weighted by atomic mass is 16.4. The number of para-hydroxylation sites is 3. The van der Waals surface area contributed by atoms with E-state index in [1.165, 1.54) is 9.13 Å². The largest absolute Gasteiger partial charge is 0.419 e. The van der Waals surface area contributed by atoms with Gasteiger partial charge >= 0.3 is 5.76 Å². The molecule has 0 radical (unpaired) electrons. The van der Waals surface area contributed by atoms with E-state index < -0.39 is 5.76 Å². The molecular formula is C20H19N5O4. The van der Waals surface area contributed by atoms with E-state index in [1.54, 1.807) is 48.5 Å². The Balaban J connectivity index is 1.48. The molecule has 2 aromatic heterocycles. The molecule has 0 saturated heterocycles. The van der Waals surface area contributed by atoms with Gasteiger partial charge in [-0.25, -0.2) is 9.78 Å². The summed E-state index contributed by atoms with van der Waals surface area (Å²) in [4.78, 5) is 41.2. The molecule has 0 atom stereocenters. The van der Waals surface area contributed by atoms with E-state index in [2.05, 4.69) is 15.8 Å². The molecule has 0 saturated carbocycles. The highest BCUT2D eigenvalue weighted by molar-refractivity contribution is 5.80. The van der Waals surface area contributed by atoms with E-state index in [1.807, 2.05) is 6.92 Å². The second-order valence-electron chi connectivity index (χ2n) is 6.41. The molecule has 9 heteroatoms. The number of anilines is 1. The first-order valence-electron chi connectivity index (χ1n) is 9.21. The Morgan fingerprint density at radius 1 is 1.07 bits per heavy atom. The molecule has 4 rings (SSSR count). The molecule has 2 N–H and O–H groups in total. The van der Waals surface area contributed by atoms with Crippen LogP contribution in [0.2, 0.25) is 0 Å². The first kappa shape index (κ1) is 18.5. The summed E-state index contributed by atoms with van der Waals surface area (Å²) in [6, 6.07) is 14.1. The molecule has 2 heterocycles. The third-order valence-corrected chi connectivity index (χ3v) is 4.63. The van der Waals surface area contributed by atoms with E-state index in [-0.39, 0.29) is 30.4 Å². The summed E-state index contributed by atoms with van der Waals surface area (Å²) in [6.07, 6.45) is 0.0420. The SMILES string of the molecule is CCn1c(NNC(=O)CCn2c(=O)oc3ccccc32)nc2ccccc2c1=O. The summed E-state index contributed by atoms with van der Waals surface area (Å²) >= 11 is 0. The number of rotatable bonds is 6. The fourth-order valence-electron chi connectivity index (χ4n) is 3.18. The highest BCUT2D eigenvalue weighted by Gasteiger charge is 2.12. The van der Waals surface area contributed by atoms with Crippen molar-refractivity contribution in [1.29, 1.82) is 0 Å². The molecule has 0 aliphatic carbocycles. The lowest BCUT2D eigenvalue weighted by atomic mass is 10.2. The van der Waals surface area contributed by atoms with Gasteiger partial charge in [0.1, 0.15) is 0 Å². The van der Waals surface area contributed by atoms with Gasteiger partial charge in [-0.2, -0.15) is 0 Å². The first-order chi connectivity index (χ1) is 14.1. The van der Waals surface area contributed by atoms with E-state index >= 15 is 0 Å². The number of hydrogen-bond acceptors (Lipinski definition) is 6. The topological polar surface area (TPSA) is 111 Å². The van der Waals surface area contributed by atoms with Crippen molar-refractivity contribution in [3.63, 3.8) is 0 Å². The number of hydrogen-bond donors (Lipinski definition) is 2. The van der Waals surface area contributed by atoms with Crippen molar-refractivity contribution in [3.05, 3.63) is 69.4 Å². The quantitative estimate of drug-likeness (QED) is 0.484. The molecule has 0 aliphatic rings. The van der Waals surface area contributed by atoms with Crippen molar-refractivity contribution in [2.45, 2.75) is 26.4 Å². The number of benzene rings is 2. The summed E-state index contributed by atoms with van der Waals surface area (Å²) in [6.45, 7) is 2.38. The summed E-state index contributed by atoms with van der Waals surface area (Å²) in [5.74, 6) is -0.620. The van der Waals surface area contributed by atoms with Crippen LogP contribution in [0.4, 0.5) is 5.95 Å². The van der Waals surface area contributed by atoms with Gasteiger partial charge in [0.15, 0.2) is 5.58 Å². The number of hydrazine groups is 1. The zero-order valence-electron chi connectivity index (χ0n) is 15.7. The van der Waals surface area contributed by atoms with Crippen molar-refractivity contribution in [1.82, 2.24) is 19.5 Å². The third kappa shape index (κ3) is 3.49. The van der Waals surface area contributed by atoms with Crippen molar-refractivity contribution in [2.24, 2.45) is 0 Å². The molecule has 2 aromatic carbocycles. The molecule has 0 unspecified atom stereocenters. The van der Waals surface area contributed by atoms with Gasteiger partial charge in [-0.05, 0) is 31.2 Å². The van der Waals surface area contributed by atoms with Gasteiger partial charge < -0.3 is 4.42 Å². The van der Waals surface area contributed by atoms with Crippen molar-refractivity contribution < 1.29 is 9.21 Å². The monoisotopic (exact) mass is 393 g/mol. The van der Waals surface area contributed by atoms with Crippen LogP contribution in [-0.2, 0) is 17.9 Å². The standard InChI is InChI=1S/C20H19N5O4/c1-2-24-18(27)13-7-3-4-8-14(13)21-19(24)23-22-17(26)11-12-25-15-9-5-6-10-16(15)29-20(25)28/h3-10H,2,11-12H2,1H3,(H,21,23)(H,22,26). The maximum absolute atomic E-state index is 12.6. The normalized spacial score (nSPS) is 11.1. The van der Waals surface area contributed by atoms with Crippen LogP contribution < -0.4 is 22.2 Å². The second-order valence-corrected chi connectivity index (χ2v) is 6.41. The highest BCUT2D eigenvalue weighted by Crippen LogP contribution is 2.12. The van der Waals surface area contributed by atoms with Gasteiger partial charge in [0.05, 0.1) is 16.4 Å². The van der Waals surface area contributed by atoms with Gasteiger partial charge in [0, 0.05) is 19.5 Å². The van der Waals surface area contributed by atoms with E-state index in [4.69, 9.17) is 4.42 Å². The zero-order chi connectivity index (χ0) is 20.4. The minimum Gasteiger partial charge on any atom is -0.408 e. The molecule has 148 valence electrons. The Kier molecular flexibility index (Phi) is 4.86. The number of nitrogens with one attached hydrogen (secondary N) is 2. The molecule has 29 heavy (non-hydrogen) atoms. The van der Waals surface area contributed by atoms with Crippen LogP contribution in [0.25, 0.3) is 22.0 Å². The van der Waals surface area contributed by atoms with Crippen LogP contribution in [0, 0.1) is 0 Å². The number of aryl methyl sites for hydroxylation is 1. The molecule has 9 nitrogen and oxygen atoms in total. The van der Waals surface area contributed by atoms with Gasteiger partial charge in [-0.1, -0.05) is 24.3 Å². The molecule has 0 spiro atoms. The van der Waals surface area contributed by atoms with Crippen molar-refractivity contribution >= 4 is 33.9 Å². The van der Waals surface area contributed by atoms with E-state index in [0.29, 0.717) is 28.5 Å². The van der Waals surface area contributed by atoms with Crippen LogP contribution in [0.5, 0.6) is 0 Å². The number of oxazole rings is 1. The Hall–Kier alpha value is -3.88. The fraction of sp³-hybridized carbons (Fsp3) is 0.200. The summed E-state index contributed by atoms with van der Waals surface area (Å²) in [7, 11) is 0. The number of amides is 1. The fourth-order valence-corrected chi connectivity index (χ4v) is 3.18. The molecule has 1 amide bonds. The van der Waals surface area contributed by atoms with Gasteiger partial charge in [0.2, 0.25) is 11.9 Å². The smallest absolute Gasteiger partial charge is 0.408 e. The number of fused-ring (bicyclic) bond motifs is 2. The van der Waals surface area contributed by atoms with Crippen LogP contribution in [0.15, 0.2) is 62.5 Å². The Bertz CT molecular complexity index is 1320. The summed E-state index contributed by atoms with van der Waals surface area (Å²) < 4.78 is 8.01. The van der Waals surface area contributed by atoms with Gasteiger partial charge in [-0.15, -0.1) is 0 Å². The number of carbonyl (C=O) groups excluding carboxylic acids is 1. The lowest BCUT2D eigenvalue weighted by Gasteiger charge is -2.14. The maximum Gasteiger partial charge on any atom is 0.419 e. The Morgan fingerprint density at radius 2 is 1.83 bits per heavy atom. The predicted molar refractivity (Wildman–Crippen MR) is 109 cm³/mol. The molecule has 0 bridgehead atoms. The maximum atomic E-state index is 12.6. The van der Waals surface area contributed by atoms with E-state index in [9.17, 15) is 14.4 Å². The molecule has 0 aliphatic heterocycles. The zero-order valence-corrected chi connectivity index (χ0v) is 15.7. The van der Waals surface area contributed by atoms with Gasteiger partial charge in [0.25, 0.3) is 5.56 Å². The van der Waals surface area contributed by atoms with Crippen LogP contribution in [0.1, 0.15) is 13.3 Å². The van der Waals surface area contributed by atoms with Gasteiger partial charge in [-0.3, -0.25) is 29.6 Å². The first-order valence-corrected chi connectivity index (χ1v) is 9.21. The lowest BCUT2D eigenvalue weighted by Crippen LogP contribution is -2.35. The van der Waals surface area contributed by atoms with Crippen LogP contribution in [-0.4, -0.2) is 20.0 Å². The number of aromatic nitrogens is 3. The molecular weight excluding hydrogens is 374 g/mol. The average Bonchev–Trinajstić information content (AvgIpc) is 3.06. The minimum absolute atomic E-state index is 0.0420. The Labute approximate surface area is 164 Å². The average molecular weight is 393 g/mol. The molecule has 0 fully saturated rings. The van der Waals surface area contributed by atoms with Crippen LogP contribution in [0.3, 0.4) is 0 Å². The summed E-state index contributed by atoms with van der Waals surface area (Å²) in [5, 5.41) is 0.512. The predicted octanol–water partition coefficient (Wildman–Crippen LogP) is 1.86. The second kappa shape index (κ2) is 7.63. The van der Waals surface area contributed by atoms with Crippen LogP contribution >= 0.6 is 0 Å². The third-order valence-electron chi connectivity index (χ3n) is 4.63. The Morgan fingerprint density at radius 3 is 2.66 bits per heavy atom. The summed E-state index contributed by atoms with van der Waals surface area (Å²) in [5.41, 5.74) is 6.72. The van der Waals surface area contributed by atoms with Crippen molar-refractivity contribution in [3.8, 4) is 0 Å². The number of carbonyl (C=O) groups is 1. The minimum atomic E-state index is -0.511. The van der Waals surface area contributed by atoms with Crippen molar-refractivity contribution in [2.75, 3.05) is 5.43 Å². The lowest BCUT2D eigenvalue weighted by molar-refractivity contribution is -0.120. The number of nitrogens with zero attached hydrogens (tertiary/aromatic N) is 3. The molecule has 4 aromatic rings.